The lowest BCUT2D eigenvalue weighted by molar-refractivity contribution is 0.130. The Hall–Kier alpha value is -3.14. The third-order valence-corrected chi connectivity index (χ3v) is 4.27. The van der Waals surface area contributed by atoms with E-state index in [1.165, 1.54) is 0 Å². The van der Waals surface area contributed by atoms with Crippen molar-refractivity contribution in [2.75, 3.05) is 22.5 Å². The zero-order chi connectivity index (χ0) is 20.6. The lowest BCUT2D eigenvalue weighted by atomic mass is 10.3. The summed E-state index contributed by atoms with van der Waals surface area (Å²) < 4.78 is 5.85. The quantitative estimate of drug-likeness (QED) is 0.396. The summed E-state index contributed by atoms with van der Waals surface area (Å²) in [5.74, 6) is 1.11. The van der Waals surface area contributed by atoms with Crippen LogP contribution in [0.3, 0.4) is 0 Å². The molecular weight excluding hydrogens is 438 g/mol. The number of imidazole rings is 1. The van der Waals surface area contributed by atoms with Crippen LogP contribution in [0.25, 0.3) is 0 Å². The first-order valence-electron chi connectivity index (χ1n) is 9.08. The molecule has 2 heterocycles. The van der Waals surface area contributed by atoms with Crippen molar-refractivity contribution in [1.29, 1.82) is 0 Å². The molecule has 3 aromatic rings. The average molecular weight is 460 g/mol. The topological polar surface area (TPSA) is 117 Å². The minimum atomic E-state index is -0.499. The number of hydrogen-bond donors (Lipinski definition) is 4. The summed E-state index contributed by atoms with van der Waals surface area (Å²) in [6.07, 6.45) is 5.23. The van der Waals surface area contributed by atoms with E-state index in [2.05, 4.69) is 51.8 Å². The molecule has 1 amide bonds. The van der Waals surface area contributed by atoms with Crippen LogP contribution in [0.5, 0.6) is 0 Å². The lowest BCUT2D eigenvalue weighted by Crippen LogP contribution is -2.17. The first-order chi connectivity index (χ1) is 14.0. The van der Waals surface area contributed by atoms with Crippen LogP contribution in [0.4, 0.5) is 27.9 Å². The van der Waals surface area contributed by atoms with Crippen LogP contribution in [0, 0.1) is 0 Å². The van der Waals surface area contributed by atoms with Crippen molar-refractivity contribution >= 4 is 45.2 Å². The van der Waals surface area contributed by atoms with Gasteiger partial charge in [0.2, 0.25) is 5.95 Å². The van der Waals surface area contributed by atoms with Gasteiger partial charge in [0.1, 0.15) is 5.82 Å². The van der Waals surface area contributed by atoms with Crippen molar-refractivity contribution in [2.24, 2.45) is 0 Å². The Labute approximate surface area is 176 Å². The monoisotopic (exact) mass is 459 g/mol. The van der Waals surface area contributed by atoms with Crippen molar-refractivity contribution in [3.8, 4) is 0 Å². The van der Waals surface area contributed by atoms with Gasteiger partial charge in [-0.1, -0.05) is 6.07 Å². The number of nitrogens with zero attached hydrogens (tertiary/aromatic N) is 3. The van der Waals surface area contributed by atoms with Crippen molar-refractivity contribution in [3.63, 3.8) is 0 Å². The van der Waals surface area contributed by atoms with Gasteiger partial charge in [-0.3, -0.25) is 5.32 Å². The number of aromatic amines is 1. The highest BCUT2D eigenvalue weighted by Crippen LogP contribution is 2.23. The number of ether oxygens (including phenoxy) is 1. The number of anilines is 4. The second kappa shape index (κ2) is 9.87. The highest BCUT2D eigenvalue weighted by molar-refractivity contribution is 9.10. The van der Waals surface area contributed by atoms with Gasteiger partial charge in [0.25, 0.3) is 0 Å². The van der Waals surface area contributed by atoms with Crippen LogP contribution in [-0.4, -0.2) is 38.7 Å². The second-order valence-electron chi connectivity index (χ2n) is 6.43. The van der Waals surface area contributed by atoms with E-state index in [0.29, 0.717) is 24.0 Å². The minimum Gasteiger partial charge on any atom is -0.447 e. The molecule has 0 aliphatic heterocycles. The number of carbonyl (C=O) groups is 1. The number of H-pyrrole nitrogens is 1. The van der Waals surface area contributed by atoms with E-state index in [0.717, 1.165) is 22.3 Å². The Bertz CT molecular complexity index is 947. The van der Waals surface area contributed by atoms with E-state index in [1.54, 1.807) is 44.7 Å². The van der Waals surface area contributed by atoms with Crippen molar-refractivity contribution < 1.29 is 9.53 Å². The lowest BCUT2D eigenvalue weighted by Gasteiger charge is -2.12. The predicted molar refractivity (Wildman–Crippen MR) is 115 cm³/mol. The van der Waals surface area contributed by atoms with Crippen molar-refractivity contribution in [1.82, 2.24) is 19.9 Å². The van der Waals surface area contributed by atoms with Crippen molar-refractivity contribution in [2.45, 2.75) is 26.4 Å². The fraction of sp³-hybridized carbons (Fsp3) is 0.263. The Kier molecular flexibility index (Phi) is 7.01. The van der Waals surface area contributed by atoms with E-state index in [4.69, 9.17) is 4.74 Å². The van der Waals surface area contributed by atoms with Crippen LogP contribution in [-0.2, 0) is 11.2 Å². The molecule has 3 rings (SSSR count). The van der Waals surface area contributed by atoms with Gasteiger partial charge in [-0.05, 0) is 48.0 Å². The number of nitrogens with one attached hydrogen (secondary N) is 4. The molecule has 152 valence electrons. The van der Waals surface area contributed by atoms with Crippen LogP contribution >= 0.6 is 15.9 Å². The largest absolute Gasteiger partial charge is 0.447 e. The molecule has 0 saturated carbocycles. The molecule has 0 unspecified atom stereocenters. The van der Waals surface area contributed by atoms with E-state index in [9.17, 15) is 4.79 Å². The molecule has 0 aliphatic rings. The summed E-state index contributed by atoms with van der Waals surface area (Å²) in [4.78, 5) is 27.6. The molecule has 0 bridgehead atoms. The third-order valence-electron chi connectivity index (χ3n) is 3.69. The van der Waals surface area contributed by atoms with Crippen LogP contribution in [0.15, 0.2) is 47.5 Å². The van der Waals surface area contributed by atoms with E-state index < -0.39 is 6.09 Å². The zero-order valence-corrected chi connectivity index (χ0v) is 17.7. The summed E-state index contributed by atoms with van der Waals surface area (Å²) >= 11 is 3.46. The zero-order valence-electron chi connectivity index (χ0n) is 16.1. The molecule has 0 radical (unpaired) electrons. The first kappa shape index (κ1) is 20.6. The Balaban J connectivity index is 1.62. The van der Waals surface area contributed by atoms with Crippen molar-refractivity contribution in [3.05, 3.63) is 53.2 Å². The maximum atomic E-state index is 11.8. The van der Waals surface area contributed by atoms with Gasteiger partial charge < -0.3 is 20.4 Å². The number of halogens is 1. The van der Waals surface area contributed by atoms with E-state index in [-0.39, 0.29) is 6.10 Å². The minimum absolute atomic E-state index is 0.188. The fourth-order valence-corrected chi connectivity index (χ4v) is 2.78. The Morgan fingerprint density at radius 1 is 1.28 bits per heavy atom. The number of carbonyl (C=O) groups excluding carboxylic acids is 1. The summed E-state index contributed by atoms with van der Waals surface area (Å²) in [5, 5.41) is 9.10. The smallest absolute Gasteiger partial charge is 0.411 e. The van der Waals surface area contributed by atoms with Gasteiger partial charge in [-0.25, -0.2) is 14.8 Å². The summed E-state index contributed by atoms with van der Waals surface area (Å²) in [6, 6.07) is 7.22. The molecule has 10 heteroatoms. The normalized spacial score (nSPS) is 10.6. The summed E-state index contributed by atoms with van der Waals surface area (Å²) in [6.45, 7) is 4.28. The number of aromatic nitrogens is 4. The van der Waals surface area contributed by atoms with Gasteiger partial charge in [0.05, 0.1) is 16.9 Å². The molecule has 29 heavy (non-hydrogen) atoms. The second-order valence-corrected chi connectivity index (χ2v) is 7.28. The Morgan fingerprint density at radius 2 is 2.10 bits per heavy atom. The maximum absolute atomic E-state index is 11.8. The van der Waals surface area contributed by atoms with Gasteiger partial charge in [0, 0.05) is 42.4 Å². The Morgan fingerprint density at radius 3 is 2.86 bits per heavy atom. The molecule has 0 saturated heterocycles. The molecule has 4 N–H and O–H groups in total. The number of amides is 1. The van der Waals surface area contributed by atoms with Gasteiger partial charge >= 0.3 is 6.09 Å². The molecule has 0 atom stereocenters. The summed E-state index contributed by atoms with van der Waals surface area (Å²) in [5.41, 5.74) is 2.38. The summed E-state index contributed by atoms with van der Waals surface area (Å²) in [7, 11) is 0. The molecule has 9 nitrogen and oxygen atoms in total. The highest BCUT2D eigenvalue weighted by atomic mass is 79.9. The molecule has 1 aromatic carbocycles. The number of benzene rings is 1. The molecule has 2 aromatic heterocycles. The molecule has 0 aliphatic carbocycles. The number of rotatable bonds is 8. The molecular formula is C19H22BrN7O2. The van der Waals surface area contributed by atoms with Gasteiger partial charge in [0.15, 0.2) is 0 Å². The highest BCUT2D eigenvalue weighted by Gasteiger charge is 2.08. The van der Waals surface area contributed by atoms with Gasteiger partial charge in [-0.15, -0.1) is 0 Å². The van der Waals surface area contributed by atoms with Crippen LogP contribution in [0.2, 0.25) is 0 Å². The predicted octanol–water partition coefficient (Wildman–Crippen LogP) is 4.32. The SMILES string of the molecule is CC(C)OC(=O)Nc1cccc(Nc2ncc(Br)c(NCCc3cnc[nH]3)n2)c1. The molecule has 0 spiro atoms. The third kappa shape index (κ3) is 6.46. The van der Waals surface area contributed by atoms with Crippen LogP contribution < -0.4 is 16.0 Å². The standard InChI is InChI=1S/C19H22BrN7O2/c1-12(2)29-19(28)26-14-5-3-4-13(8-14)25-18-23-10-16(20)17(27-18)22-7-6-15-9-21-11-24-15/h3-5,8-12H,6-7H2,1-2H3,(H,21,24)(H,26,28)(H2,22,23,25,27). The van der Waals surface area contributed by atoms with E-state index in [1.807, 2.05) is 12.1 Å². The number of hydrogen-bond acceptors (Lipinski definition) is 7. The molecule has 0 fully saturated rings. The van der Waals surface area contributed by atoms with E-state index >= 15 is 0 Å². The average Bonchev–Trinajstić information content (AvgIpc) is 3.17. The maximum Gasteiger partial charge on any atom is 0.411 e. The van der Waals surface area contributed by atoms with Gasteiger partial charge in [-0.2, -0.15) is 4.98 Å². The van der Waals surface area contributed by atoms with Crippen LogP contribution in [0.1, 0.15) is 19.5 Å². The first-order valence-corrected chi connectivity index (χ1v) is 9.87. The fourth-order valence-electron chi connectivity index (χ4n) is 2.45.